The number of aryl methyl sites for hydroxylation is 1. The summed E-state index contributed by atoms with van der Waals surface area (Å²) in [7, 11) is 0. The Balaban J connectivity index is 1.44. The van der Waals surface area contributed by atoms with Gasteiger partial charge in [0.05, 0.1) is 17.2 Å². The Kier molecular flexibility index (Phi) is 6.94. The number of carbonyl (C=O) groups is 3. The zero-order valence-electron chi connectivity index (χ0n) is 16.6. The number of nitrogens with zero attached hydrogens (tertiary/aromatic N) is 2. The van der Waals surface area contributed by atoms with Crippen LogP contribution in [0.4, 0.5) is 18.3 Å². The van der Waals surface area contributed by atoms with E-state index in [9.17, 15) is 27.6 Å². The minimum atomic E-state index is -4.46. The van der Waals surface area contributed by atoms with E-state index in [-0.39, 0.29) is 18.7 Å². The van der Waals surface area contributed by atoms with Crippen molar-refractivity contribution in [3.8, 4) is 0 Å². The third-order valence-corrected chi connectivity index (χ3v) is 5.66. The molecule has 3 rings (SSSR count). The van der Waals surface area contributed by atoms with E-state index in [0.29, 0.717) is 18.0 Å². The summed E-state index contributed by atoms with van der Waals surface area (Å²) in [6.45, 7) is 1.90. The van der Waals surface area contributed by atoms with Gasteiger partial charge in [-0.1, -0.05) is 0 Å². The number of alkyl halides is 3. The first-order chi connectivity index (χ1) is 14.6. The van der Waals surface area contributed by atoms with Gasteiger partial charge < -0.3 is 9.64 Å². The van der Waals surface area contributed by atoms with Crippen LogP contribution in [0.5, 0.6) is 0 Å². The van der Waals surface area contributed by atoms with Crippen molar-refractivity contribution in [1.29, 1.82) is 0 Å². The Hall–Kier alpha value is -2.95. The first kappa shape index (κ1) is 22.7. The average Bonchev–Trinajstić information content (AvgIpc) is 3.15. The number of piperidine rings is 1. The second-order valence-corrected chi connectivity index (χ2v) is 7.95. The Morgan fingerprint density at radius 1 is 1.19 bits per heavy atom. The van der Waals surface area contributed by atoms with Crippen LogP contribution >= 0.6 is 11.3 Å². The lowest BCUT2D eigenvalue weighted by Gasteiger charge is -2.31. The van der Waals surface area contributed by atoms with Gasteiger partial charge in [0.15, 0.2) is 11.7 Å². The first-order valence-electron chi connectivity index (χ1n) is 9.48. The number of nitrogens with one attached hydrogen (secondary N) is 1. The van der Waals surface area contributed by atoms with Gasteiger partial charge in [-0.05, 0) is 44.0 Å². The molecule has 31 heavy (non-hydrogen) atoms. The lowest BCUT2D eigenvalue weighted by Crippen LogP contribution is -2.41. The number of anilines is 1. The number of benzene rings is 1. The molecule has 1 aromatic carbocycles. The van der Waals surface area contributed by atoms with Crippen molar-refractivity contribution in [2.24, 2.45) is 5.92 Å². The van der Waals surface area contributed by atoms with E-state index in [1.165, 1.54) is 16.2 Å². The molecule has 0 radical (unpaired) electrons. The molecule has 2 amide bonds. The summed E-state index contributed by atoms with van der Waals surface area (Å²) in [4.78, 5) is 42.1. The lowest BCUT2D eigenvalue weighted by atomic mass is 9.96. The van der Waals surface area contributed by atoms with Crippen molar-refractivity contribution in [1.82, 2.24) is 9.88 Å². The normalized spacial score (nSPS) is 14.9. The van der Waals surface area contributed by atoms with E-state index in [1.54, 1.807) is 12.3 Å². The van der Waals surface area contributed by atoms with E-state index in [4.69, 9.17) is 4.74 Å². The van der Waals surface area contributed by atoms with Crippen molar-refractivity contribution < 1.29 is 32.3 Å². The highest BCUT2D eigenvalue weighted by atomic mass is 32.1. The maximum Gasteiger partial charge on any atom is 0.416 e. The molecule has 0 saturated carbocycles. The van der Waals surface area contributed by atoms with Gasteiger partial charge >= 0.3 is 12.1 Å². The summed E-state index contributed by atoms with van der Waals surface area (Å²) in [5.41, 5.74) is 0.109. The van der Waals surface area contributed by atoms with Crippen LogP contribution in [0.15, 0.2) is 29.6 Å². The molecule has 0 aliphatic carbocycles. The van der Waals surface area contributed by atoms with E-state index < -0.39 is 42.0 Å². The molecular formula is C20H20F3N3O4S. The second kappa shape index (κ2) is 9.46. The Morgan fingerprint density at radius 2 is 1.84 bits per heavy atom. The molecule has 0 unspecified atom stereocenters. The quantitative estimate of drug-likeness (QED) is 0.698. The highest BCUT2D eigenvalue weighted by Gasteiger charge is 2.32. The van der Waals surface area contributed by atoms with Crippen LogP contribution in [0.1, 0.15) is 34.5 Å². The molecule has 1 aliphatic heterocycles. The van der Waals surface area contributed by atoms with Crippen molar-refractivity contribution in [2.45, 2.75) is 25.9 Å². The van der Waals surface area contributed by atoms with E-state index in [0.717, 1.165) is 30.0 Å². The number of halogens is 3. The third-order valence-electron chi connectivity index (χ3n) is 4.79. The van der Waals surface area contributed by atoms with Gasteiger partial charge in [0.1, 0.15) is 0 Å². The maximum absolute atomic E-state index is 12.7. The van der Waals surface area contributed by atoms with Gasteiger partial charge in [-0.15, -0.1) is 11.3 Å². The van der Waals surface area contributed by atoms with Gasteiger partial charge in [-0.2, -0.15) is 13.2 Å². The van der Waals surface area contributed by atoms with Crippen LogP contribution in [-0.4, -0.2) is 47.4 Å². The zero-order chi connectivity index (χ0) is 22.6. The molecule has 0 bridgehead atoms. The number of esters is 1. The lowest BCUT2D eigenvalue weighted by molar-refractivity contribution is -0.152. The average molecular weight is 455 g/mol. The fourth-order valence-electron chi connectivity index (χ4n) is 3.12. The molecule has 166 valence electrons. The standard InChI is InChI=1S/C20H20F3N3O4S/c1-12-11-31-19(24-12)25-16(27)10-30-18(29)14-6-8-26(9-7-14)17(28)13-2-4-15(5-3-13)20(21,22)23/h2-5,11,14H,6-10H2,1H3,(H,24,25,27). The molecule has 1 N–H and O–H groups in total. The number of likely N-dealkylation sites (tertiary alicyclic amines) is 1. The van der Waals surface area contributed by atoms with E-state index >= 15 is 0 Å². The molecule has 2 heterocycles. The summed E-state index contributed by atoms with van der Waals surface area (Å²) < 4.78 is 43.0. The van der Waals surface area contributed by atoms with Crippen molar-refractivity contribution in [3.05, 3.63) is 46.5 Å². The van der Waals surface area contributed by atoms with E-state index in [1.807, 2.05) is 0 Å². The number of hydrogen-bond donors (Lipinski definition) is 1. The number of rotatable bonds is 5. The van der Waals surface area contributed by atoms with Gasteiger partial charge in [0.2, 0.25) is 0 Å². The minimum Gasteiger partial charge on any atom is -0.455 e. The van der Waals surface area contributed by atoms with Crippen LogP contribution in [-0.2, 0) is 20.5 Å². The third kappa shape index (κ3) is 6.03. The predicted octanol–water partition coefficient (Wildman–Crippen LogP) is 3.50. The van der Waals surface area contributed by atoms with Crippen LogP contribution < -0.4 is 5.32 Å². The molecule has 1 fully saturated rings. The van der Waals surface area contributed by atoms with Gasteiger partial charge in [0, 0.05) is 24.0 Å². The van der Waals surface area contributed by atoms with Crippen molar-refractivity contribution in [3.63, 3.8) is 0 Å². The molecule has 1 aromatic heterocycles. The highest BCUT2D eigenvalue weighted by molar-refractivity contribution is 7.13. The minimum absolute atomic E-state index is 0.156. The summed E-state index contributed by atoms with van der Waals surface area (Å²) >= 11 is 1.27. The maximum atomic E-state index is 12.7. The summed E-state index contributed by atoms with van der Waals surface area (Å²) in [5, 5.41) is 4.75. The number of carbonyl (C=O) groups excluding carboxylic acids is 3. The Labute approximate surface area is 180 Å². The summed E-state index contributed by atoms with van der Waals surface area (Å²) in [6, 6.07) is 4.03. The number of hydrogen-bond acceptors (Lipinski definition) is 6. The fraction of sp³-hybridized carbons (Fsp3) is 0.400. The van der Waals surface area contributed by atoms with Crippen molar-refractivity contribution in [2.75, 3.05) is 25.0 Å². The Morgan fingerprint density at radius 3 is 2.39 bits per heavy atom. The molecular weight excluding hydrogens is 435 g/mol. The molecule has 11 heteroatoms. The first-order valence-corrected chi connectivity index (χ1v) is 10.4. The van der Waals surface area contributed by atoms with Gasteiger partial charge in [-0.25, -0.2) is 4.98 Å². The molecule has 7 nitrogen and oxygen atoms in total. The SMILES string of the molecule is Cc1csc(NC(=O)COC(=O)C2CCN(C(=O)c3ccc(C(F)(F)F)cc3)CC2)n1. The highest BCUT2D eigenvalue weighted by Crippen LogP contribution is 2.29. The van der Waals surface area contributed by atoms with Crippen LogP contribution in [0, 0.1) is 12.8 Å². The van der Waals surface area contributed by atoms with Gasteiger partial charge in [0.25, 0.3) is 11.8 Å². The fourth-order valence-corrected chi connectivity index (χ4v) is 3.83. The smallest absolute Gasteiger partial charge is 0.416 e. The molecule has 0 atom stereocenters. The van der Waals surface area contributed by atoms with Crippen LogP contribution in [0.3, 0.4) is 0 Å². The topological polar surface area (TPSA) is 88.6 Å². The van der Waals surface area contributed by atoms with E-state index in [2.05, 4.69) is 10.3 Å². The summed E-state index contributed by atoms with van der Waals surface area (Å²) in [6.07, 6.45) is -3.77. The predicted molar refractivity (Wildman–Crippen MR) is 107 cm³/mol. The zero-order valence-corrected chi connectivity index (χ0v) is 17.4. The molecule has 0 spiro atoms. The number of aromatic nitrogens is 1. The van der Waals surface area contributed by atoms with Crippen molar-refractivity contribution >= 4 is 34.3 Å². The van der Waals surface area contributed by atoms with Gasteiger partial charge in [-0.3, -0.25) is 19.7 Å². The monoisotopic (exact) mass is 455 g/mol. The Bertz CT molecular complexity index is 951. The van der Waals surface area contributed by atoms with Crippen LogP contribution in [0.25, 0.3) is 0 Å². The molecule has 2 aromatic rings. The number of amides is 2. The summed E-state index contributed by atoms with van der Waals surface area (Å²) in [5.74, 6) is -1.85. The molecule has 1 aliphatic rings. The second-order valence-electron chi connectivity index (χ2n) is 7.09. The number of ether oxygens (including phenoxy) is 1. The van der Waals surface area contributed by atoms with Crippen LogP contribution in [0.2, 0.25) is 0 Å². The molecule has 1 saturated heterocycles. The largest absolute Gasteiger partial charge is 0.455 e. The number of thiazole rings is 1.